The van der Waals surface area contributed by atoms with Gasteiger partial charge in [-0.15, -0.1) is 0 Å². The van der Waals surface area contributed by atoms with E-state index in [9.17, 15) is 4.79 Å². The summed E-state index contributed by atoms with van der Waals surface area (Å²) in [6, 6.07) is 28.3. The van der Waals surface area contributed by atoms with Crippen LogP contribution in [0.5, 0.6) is 5.75 Å². The van der Waals surface area contributed by atoms with E-state index in [-0.39, 0.29) is 5.97 Å². The highest BCUT2D eigenvalue weighted by Crippen LogP contribution is 2.29. The van der Waals surface area contributed by atoms with E-state index in [1.54, 1.807) is 0 Å². The van der Waals surface area contributed by atoms with Gasteiger partial charge in [-0.1, -0.05) is 54.6 Å². The van der Waals surface area contributed by atoms with Crippen molar-refractivity contribution in [2.45, 2.75) is 40.3 Å². The molecule has 2 aromatic heterocycles. The molecular weight excluding hydrogens is 462 g/mol. The largest absolute Gasteiger partial charge is 0.487 e. The maximum absolute atomic E-state index is 12.6. The third-order valence-electron chi connectivity index (χ3n) is 6.45. The van der Waals surface area contributed by atoms with Crippen LogP contribution >= 0.6 is 0 Å². The standard InChI is InChI=1S/C31H31N3O3/c1-4-36-30(35)31(2,3)19-29-33-27-17-16-25(18-28(27)34(29)20-22-10-6-5-7-11-22)37-21-24-15-14-23-12-8-9-13-26(23)32-24/h5-18H,4,19-21H2,1-3H3. The molecule has 0 fully saturated rings. The fourth-order valence-corrected chi connectivity index (χ4v) is 4.46. The Morgan fingerprint density at radius 2 is 1.68 bits per heavy atom. The zero-order valence-electron chi connectivity index (χ0n) is 21.5. The van der Waals surface area contributed by atoms with Crippen LogP contribution in [0.25, 0.3) is 21.9 Å². The van der Waals surface area contributed by atoms with E-state index in [0.29, 0.717) is 26.2 Å². The molecule has 5 rings (SSSR count). The third-order valence-corrected chi connectivity index (χ3v) is 6.45. The fraction of sp³-hybridized carbons (Fsp3) is 0.258. The summed E-state index contributed by atoms with van der Waals surface area (Å²) in [6.07, 6.45) is 0.463. The van der Waals surface area contributed by atoms with Gasteiger partial charge >= 0.3 is 5.97 Å². The summed E-state index contributed by atoms with van der Waals surface area (Å²) in [5, 5.41) is 1.11. The van der Waals surface area contributed by atoms with Crippen molar-refractivity contribution in [2.24, 2.45) is 5.41 Å². The van der Waals surface area contributed by atoms with Crippen LogP contribution in [0, 0.1) is 5.41 Å². The van der Waals surface area contributed by atoms with E-state index in [1.165, 1.54) is 0 Å². The van der Waals surface area contributed by atoms with E-state index in [4.69, 9.17) is 19.4 Å². The highest BCUT2D eigenvalue weighted by Gasteiger charge is 2.32. The molecule has 0 aliphatic carbocycles. The summed E-state index contributed by atoms with van der Waals surface area (Å²) in [5.41, 5.74) is 4.10. The Balaban J connectivity index is 1.45. The summed E-state index contributed by atoms with van der Waals surface area (Å²) in [5.74, 6) is 1.36. The Hall–Kier alpha value is -4.19. The van der Waals surface area contributed by atoms with E-state index in [2.05, 4.69) is 28.8 Å². The second-order valence-electron chi connectivity index (χ2n) is 9.82. The first-order valence-corrected chi connectivity index (χ1v) is 12.6. The molecule has 0 N–H and O–H groups in total. The molecule has 0 bridgehead atoms. The number of para-hydroxylation sites is 1. The Morgan fingerprint density at radius 1 is 0.892 bits per heavy atom. The average Bonchev–Trinajstić information content (AvgIpc) is 3.23. The maximum atomic E-state index is 12.6. The number of hydrogen-bond donors (Lipinski definition) is 0. The van der Waals surface area contributed by atoms with Crippen LogP contribution in [-0.4, -0.2) is 27.1 Å². The lowest BCUT2D eigenvalue weighted by atomic mass is 9.89. The molecule has 5 aromatic rings. The number of ether oxygens (including phenoxy) is 2. The van der Waals surface area contributed by atoms with Crippen molar-refractivity contribution in [3.63, 3.8) is 0 Å². The number of carbonyl (C=O) groups excluding carboxylic acids is 1. The lowest BCUT2D eigenvalue weighted by molar-refractivity contribution is -0.153. The van der Waals surface area contributed by atoms with Gasteiger partial charge in [-0.3, -0.25) is 4.79 Å². The average molecular weight is 494 g/mol. The van der Waals surface area contributed by atoms with Crippen LogP contribution in [0.15, 0.2) is 84.9 Å². The topological polar surface area (TPSA) is 66.2 Å². The molecule has 2 heterocycles. The first-order chi connectivity index (χ1) is 17.9. The Bertz CT molecular complexity index is 1540. The fourth-order valence-electron chi connectivity index (χ4n) is 4.46. The Kier molecular flexibility index (Phi) is 6.91. The number of carbonyl (C=O) groups is 1. The van der Waals surface area contributed by atoms with Gasteiger partial charge in [-0.25, -0.2) is 9.97 Å². The number of nitrogens with zero attached hydrogens (tertiary/aromatic N) is 3. The van der Waals surface area contributed by atoms with Gasteiger partial charge in [0.15, 0.2) is 0 Å². The van der Waals surface area contributed by atoms with Crippen LogP contribution < -0.4 is 4.74 Å². The lowest BCUT2D eigenvalue weighted by Gasteiger charge is -2.22. The normalized spacial score (nSPS) is 11.6. The van der Waals surface area contributed by atoms with Crippen molar-refractivity contribution in [3.05, 3.63) is 102 Å². The Morgan fingerprint density at radius 3 is 2.49 bits per heavy atom. The van der Waals surface area contributed by atoms with E-state index >= 15 is 0 Å². The highest BCUT2D eigenvalue weighted by atomic mass is 16.5. The van der Waals surface area contributed by atoms with Crippen molar-refractivity contribution in [1.29, 1.82) is 0 Å². The van der Waals surface area contributed by atoms with Crippen molar-refractivity contribution >= 4 is 27.9 Å². The molecule has 0 saturated carbocycles. The maximum Gasteiger partial charge on any atom is 0.311 e. The number of fused-ring (bicyclic) bond motifs is 2. The molecule has 37 heavy (non-hydrogen) atoms. The monoisotopic (exact) mass is 493 g/mol. The molecule has 0 unspecified atom stereocenters. The van der Waals surface area contributed by atoms with Crippen LogP contribution in [-0.2, 0) is 29.1 Å². The second kappa shape index (κ2) is 10.4. The molecule has 6 nitrogen and oxygen atoms in total. The molecule has 3 aromatic carbocycles. The number of rotatable bonds is 9. The van der Waals surface area contributed by atoms with Gasteiger partial charge < -0.3 is 14.0 Å². The van der Waals surface area contributed by atoms with Crippen LogP contribution in [0.2, 0.25) is 0 Å². The van der Waals surface area contributed by atoms with E-state index < -0.39 is 5.41 Å². The number of pyridine rings is 1. The first-order valence-electron chi connectivity index (χ1n) is 12.6. The van der Waals surface area contributed by atoms with Gasteiger partial charge in [-0.05, 0) is 50.6 Å². The summed E-state index contributed by atoms with van der Waals surface area (Å²) in [4.78, 5) is 22.3. The first kappa shape index (κ1) is 24.5. The van der Waals surface area contributed by atoms with Crippen molar-refractivity contribution < 1.29 is 14.3 Å². The minimum Gasteiger partial charge on any atom is -0.487 e. The zero-order chi connectivity index (χ0) is 25.8. The van der Waals surface area contributed by atoms with Crippen LogP contribution in [0.3, 0.4) is 0 Å². The number of imidazole rings is 1. The van der Waals surface area contributed by atoms with E-state index in [0.717, 1.165) is 44.8 Å². The zero-order valence-corrected chi connectivity index (χ0v) is 21.5. The molecular formula is C31H31N3O3. The predicted molar refractivity (Wildman–Crippen MR) is 145 cm³/mol. The molecule has 188 valence electrons. The molecule has 0 amide bonds. The third kappa shape index (κ3) is 5.48. The second-order valence-corrected chi connectivity index (χ2v) is 9.82. The number of aromatic nitrogens is 3. The van der Waals surface area contributed by atoms with Crippen molar-refractivity contribution in [3.8, 4) is 5.75 Å². The van der Waals surface area contributed by atoms with Gasteiger partial charge in [0.05, 0.1) is 34.3 Å². The van der Waals surface area contributed by atoms with Crippen LogP contribution in [0.1, 0.15) is 37.9 Å². The SMILES string of the molecule is CCOC(=O)C(C)(C)Cc1nc2ccc(OCc3ccc4ccccc4n3)cc2n1Cc1ccccc1. The number of hydrogen-bond acceptors (Lipinski definition) is 5. The Labute approximate surface area is 216 Å². The minimum absolute atomic E-state index is 0.222. The molecule has 0 saturated heterocycles. The van der Waals surface area contributed by atoms with Gasteiger partial charge in [0.25, 0.3) is 0 Å². The van der Waals surface area contributed by atoms with Crippen molar-refractivity contribution in [2.75, 3.05) is 6.61 Å². The smallest absolute Gasteiger partial charge is 0.311 e. The number of esters is 1. The van der Waals surface area contributed by atoms with E-state index in [1.807, 2.05) is 81.4 Å². The molecule has 0 aliphatic heterocycles. The molecule has 6 heteroatoms. The molecule has 0 spiro atoms. The van der Waals surface area contributed by atoms with Gasteiger partial charge in [-0.2, -0.15) is 0 Å². The van der Waals surface area contributed by atoms with Crippen LogP contribution in [0.4, 0.5) is 0 Å². The summed E-state index contributed by atoms with van der Waals surface area (Å²) < 4.78 is 13.7. The molecule has 0 radical (unpaired) electrons. The molecule has 0 atom stereocenters. The summed E-state index contributed by atoms with van der Waals surface area (Å²) >= 11 is 0. The van der Waals surface area contributed by atoms with Crippen molar-refractivity contribution in [1.82, 2.24) is 14.5 Å². The summed E-state index contributed by atoms with van der Waals surface area (Å²) in [6.45, 7) is 7.00. The van der Waals surface area contributed by atoms with Gasteiger partial charge in [0.1, 0.15) is 18.2 Å². The minimum atomic E-state index is -0.701. The number of benzene rings is 3. The van der Waals surface area contributed by atoms with Gasteiger partial charge in [0, 0.05) is 24.4 Å². The van der Waals surface area contributed by atoms with Gasteiger partial charge in [0.2, 0.25) is 0 Å². The quantitative estimate of drug-likeness (QED) is 0.224. The highest BCUT2D eigenvalue weighted by molar-refractivity contribution is 5.80. The molecule has 0 aliphatic rings. The lowest BCUT2D eigenvalue weighted by Crippen LogP contribution is -2.30. The predicted octanol–water partition coefficient (Wildman–Crippen LogP) is 6.34. The summed E-state index contributed by atoms with van der Waals surface area (Å²) in [7, 11) is 0.